The number of hydrogen-bond donors (Lipinski definition) is 0. The van der Waals surface area contributed by atoms with Gasteiger partial charge in [-0.3, -0.25) is 4.99 Å². The Morgan fingerprint density at radius 3 is 1.66 bits per heavy atom. The summed E-state index contributed by atoms with van der Waals surface area (Å²) in [5, 5.41) is 0. The van der Waals surface area contributed by atoms with E-state index in [9.17, 15) is 0 Å². The van der Waals surface area contributed by atoms with Crippen molar-refractivity contribution in [3.8, 4) is 11.8 Å². The maximum absolute atomic E-state index is 5.19. The molecule has 0 fully saturated rings. The van der Waals surface area contributed by atoms with Crippen molar-refractivity contribution in [3.05, 3.63) is 58.7 Å². The molecular formula is C36H52N2. The molecule has 0 aliphatic heterocycles. The lowest BCUT2D eigenvalue weighted by Crippen LogP contribution is -2.12. The van der Waals surface area contributed by atoms with Crippen molar-refractivity contribution in [3.63, 3.8) is 0 Å². The van der Waals surface area contributed by atoms with Gasteiger partial charge in [-0.1, -0.05) is 98.1 Å². The number of aryl methyl sites for hydroxylation is 4. The average molecular weight is 513 g/mol. The van der Waals surface area contributed by atoms with Gasteiger partial charge in [-0.05, 0) is 97.4 Å². The van der Waals surface area contributed by atoms with Crippen LogP contribution in [0.5, 0.6) is 0 Å². The van der Waals surface area contributed by atoms with Crippen molar-refractivity contribution >= 4 is 22.8 Å². The molecule has 0 bridgehead atoms. The largest absolute Gasteiger partial charge is 0.251 e. The zero-order valence-electron chi connectivity index (χ0n) is 25.3. The van der Waals surface area contributed by atoms with Gasteiger partial charge in [-0.25, -0.2) is 4.99 Å². The van der Waals surface area contributed by atoms with Gasteiger partial charge in [0.2, 0.25) is 0 Å². The number of hydrogen-bond acceptors (Lipinski definition) is 2. The van der Waals surface area contributed by atoms with Crippen molar-refractivity contribution in [1.82, 2.24) is 0 Å². The molecule has 0 saturated carbocycles. The van der Waals surface area contributed by atoms with Gasteiger partial charge in [-0.15, -0.1) is 0 Å². The predicted octanol–water partition coefficient (Wildman–Crippen LogP) is 10.7. The van der Waals surface area contributed by atoms with Gasteiger partial charge < -0.3 is 0 Å². The van der Waals surface area contributed by atoms with E-state index in [-0.39, 0.29) is 0 Å². The summed E-state index contributed by atoms with van der Waals surface area (Å²) < 4.78 is 0. The first-order valence-electron chi connectivity index (χ1n) is 15.5. The fourth-order valence-electron chi connectivity index (χ4n) is 4.87. The van der Waals surface area contributed by atoms with Crippen molar-refractivity contribution in [2.75, 3.05) is 0 Å². The third kappa shape index (κ3) is 10.6. The van der Waals surface area contributed by atoms with Crippen LogP contribution in [0.4, 0.5) is 11.4 Å². The highest BCUT2D eigenvalue weighted by Crippen LogP contribution is 2.23. The summed E-state index contributed by atoms with van der Waals surface area (Å²) in [6.45, 7) is 13.4. The molecule has 0 aliphatic carbocycles. The van der Waals surface area contributed by atoms with Gasteiger partial charge in [-0.2, -0.15) is 0 Å². The van der Waals surface area contributed by atoms with Gasteiger partial charge in [0.1, 0.15) is 5.71 Å². The van der Waals surface area contributed by atoms with Crippen LogP contribution in [0, 0.1) is 11.8 Å². The van der Waals surface area contributed by atoms with E-state index in [1.54, 1.807) is 0 Å². The zero-order chi connectivity index (χ0) is 27.6. The van der Waals surface area contributed by atoms with Crippen LogP contribution >= 0.6 is 0 Å². The Kier molecular flexibility index (Phi) is 15.4. The number of rotatable bonds is 16. The first kappa shape index (κ1) is 31.6. The summed E-state index contributed by atoms with van der Waals surface area (Å²) >= 11 is 0. The first-order chi connectivity index (χ1) is 18.6. The number of benzene rings is 2. The standard InChI is InChI=1S/C36H52N2/c1-7-13-15-16-17-18-19-20-22-36(38-34-26-24-30(10-4)32(12-6)28-34)35(21-14-8-2)37-33-25-23-29(9-3)31(11-5)27-33/h23-28H,7-19,21H2,1-6H3. The molecule has 0 radical (unpaired) electrons. The lowest BCUT2D eigenvalue weighted by molar-refractivity contribution is 0.614. The molecule has 2 aromatic rings. The minimum absolute atomic E-state index is 0.841. The molecule has 2 rings (SSSR count). The molecule has 2 nitrogen and oxygen atoms in total. The van der Waals surface area contributed by atoms with Crippen molar-refractivity contribution in [2.24, 2.45) is 9.98 Å². The SMILES string of the molecule is CCCCCCCCC#CC(=Nc1ccc(CC)c(CC)c1)C(CCCC)=Nc1ccc(CC)c(CC)c1. The number of nitrogens with zero attached hydrogens (tertiary/aromatic N) is 2. The summed E-state index contributed by atoms with van der Waals surface area (Å²) in [6.07, 6.45) is 15.9. The Hall–Kier alpha value is -2.66. The maximum atomic E-state index is 5.19. The molecule has 0 aromatic heterocycles. The zero-order valence-corrected chi connectivity index (χ0v) is 25.3. The van der Waals surface area contributed by atoms with Crippen molar-refractivity contribution < 1.29 is 0 Å². The van der Waals surface area contributed by atoms with E-state index in [1.165, 1.54) is 54.4 Å². The van der Waals surface area contributed by atoms with Gasteiger partial charge in [0.25, 0.3) is 0 Å². The minimum atomic E-state index is 0.841. The van der Waals surface area contributed by atoms with Gasteiger partial charge >= 0.3 is 0 Å². The highest BCUT2D eigenvalue weighted by molar-refractivity contribution is 6.49. The van der Waals surface area contributed by atoms with Crippen LogP contribution in [0.1, 0.15) is 128 Å². The molecule has 0 saturated heterocycles. The molecule has 0 N–H and O–H groups in total. The maximum Gasteiger partial charge on any atom is 0.135 e. The normalized spacial score (nSPS) is 11.9. The van der Waals surface area contributed by atoms with E-state index < -0.39 is 0 Å². The molecule has 2 heteroatoms. The topological polar surface area (TPSA) is 24.7 Å². The van der Waals surface area contributed by atoms with Crippen LogP contribution in [0.2, 0.25) is 0 Å². The van der Waals surface area contributed by atoms with Crippen LogP contribution in [0.3, 0.4) is 0 Å². The van der Waals surface area contributed by atoms with Gasteiger partial charge in [0.15, 0.2) is 0 Å². The van der Waals surface area contributed by atoms with Crippen molar-refractivity contribution in [2.45, 2.75) is 131 Å². The van der Waals surface area contributed by atoms with Crippen LogP contribution in [0.15, 0.2) is 46.4 Å². The minimum Gasteiger partial charge on any atom is -0.251 e. The predicted molar refractivity (Wildman–Crippen MR) is 170 cm³/mol. The Bertz CT molecular complexity index is 1090. The van der Waals surface area contributed by atoms with Crippen LogP contribution in [-0.2, 0) is 25.7 Å². The summed E-state index contributed by atoms with van der Waals surface area (Å²) in [6, 6.07) is 13.3. The van der Waals surface area contributed by atoms with E-state index in [0.29, 0.717) is 0 Å². The molecule has 38 heavy (non-hydrogen) atoms. The highest BCUT2D eigenvalue weighted by atomic mass is 14.8. The Morgan fingerprint density at radius 1 is 0.579 bits per heavy atom. The van der Waals surface area contributed by atoms with Gasteiger partial charge in [0, 0.05) is 6.42 Å². The van der Waals surface area contributed by atoms with E-state index >= 15 is 0 Å². The monoisotopic (exact) mass is 512 g/mol. The Morgan fingerprint density at radius 2 is 1.11 bits per heavy atom. The number of unbranched alkanes of at least 4 members (excludes halogenated alkanes) is 7. The number of aliphatic imine (C=N–C) groups is 2. The van der Waals surface area contributed by atoms with Crippen LogP contribution in [-0.4, -0.2) is 11.4 Å². The highest BCUT2D eigenvalue weighted by Gasteiger charge is 2.10. The Balaban J connectivity index is 2.46. The summed E-state index contributed by atoms with van der Waals surface area (Å²) in [4.78, 5) is 10.3. The average Bonchev–Trinajstić information content (AvgIpc) is 2.95. The molecular weight excluding hydrogens is 460 g/mol. The molecule has 2 aromatic carbocycles. The lowest BCUT2D eigenvalue weighted by atomic mass is 10.0. The third-order valence-electron chi connectivity index (χ3n) is 7.31. The summed E-state index contributed by atoms with van der Waals surface area (Å²) in [5.41, 5.74) is 9.46. The molecule has 0 atom stereocenters. The first-order valence-corrected chi connectivity index (χ1v) is 15.5. The molecule has 0 heterocycles. The summed E-state index contributed by atoms with van der Waals surface area (Å²) in [7, 11) is 0. The fraction of sp³-hybridized carbons (Fsp3) is 0.556. The second-order valence-corrected chi connectivity index (χ2v) is 10.3. The molecule has 0 aliphatic rings. The van der Waals surface area contributed by atoms with Crippen molar-refractivity contribution in [1.29, 1.82) is 0 Å². The summed E-state index contributed by atoms with van der Waals surface area (Å²) in [5.74, 6) is 6.96. The lowest BCUT2D eigenvalue weighted by Gasteiger charge is -2.10. The second kappa shape index (κ2) is 18.6. The van der Waals surface area contributed by atoms with E-state index in [2.05, 4.69) is 89.8 Å². The second-order valence-electron chi connectivity index (χ2n) is 10.3. The van der Waals surface area contributed by atoms with E-state index in [1.807, 2.05) is 0 Å². The molecule has 0 unspecified atom stereocenters. The Labute approximate surface area is 234 Å². The van der Waals surface area contributed by atoms with E-state index in [0.717, 1.165) is 80.6 Å². The molecule has 206 valence electrons. The van der Waals surface area contributed by atoms with Gasteiger partial charge in [0.05, 0.1) is 17.1 Å². The van der Waals surface area contributed by atoms with Crippen LogP contribution < -0.4 is 0 Å². The van der Waals surface area contributed by atoms with E-state index in [4.69, 9.17) is 9.98 Å². The van der Waals surface area contributed by atoms with Crippen LogP contribution in [0.25, 0.3) is 0 Å². The molecule has 0 amide bonds. The quantitative estimate of drug-likeness (QED) is 0.121. The fourth-order valence-corrected chi connectivity index (χ4v) is 4.87. The third-order valence-corrected chi connectivity index (χ3v) is 7.31. The smallest absolute Gasteiger partial charge is 0.135 e. The molecule has 0 spiro atoms.